The summed E-state index contributed by atoms with van der Waals surface area (Å²) in [4.78, 5) is 46.5. The normalized spacial score (nSPS) is 10.8. The molecular weight excluding hydrogens is 428 g/mol. The molecule has 0 aliphatic rings. The van der Waals surface area contributed by atoms with Gasteiger partial charge in [-0.3, -0.25) is 19.2 Å². The van der Waals surface area contributed by atoms with Gasteiger partial charge < -0.3 is 18.9 Å². The van der Waals surface area contributed by atoms with Gasteiger partial charge in [0.15, 0.2) is 34.6 Å². The molecular formula is C25H24O8. The van der Waals surface area contributed by atoms with Crippen LogP contribution in [0.1, 0.15) is 31.4 Å². The Morgan fingerprint density at radius 2 is 1.06 bits per heavy atom. The van der Waals surface area contributed by atoms with Gasteiger partial charge in [0.2, 0.25) is 0 Å². The van der Waals surface area contributed by atoms with E-state index in [9.17, 15) is 19.2 Å². The van der Waals surface area contributed by atoms with Crippen molar-refractivity contribution in [2.45, 2.75) is 20.3 Å². The highest BCUT2D eigenvalue weighted by atomic mass is 16.6. The van der Waals surface area contributed by atoms with Crippen molar-refractivity contribution in [3.8, 4) is 23.0 Å². The molecule has 0 bridgehead atoms. The average molecular weight is 452 g/mol. The van der Waals surface area contributed by atoms with Crippen LogP contribution in [0, 0.1) is 0 Å². The molecule has 8 nitrogen and oxygen atoms in total. The second kappa shape index (κ2) is 12.0. The fraction of sp³-hybridized carbons (Fsp3) is 0.200. The van der Waals surface area contributed by atoms with E-state index >= 15 is 0 Å². The fourth-order valence-electron chi connectivity index (χ4n) is 2.72. The molecule has 0 saturated carbocycles. The number of ketones is 2. The van der Waals surface area contributed by atoms with Crippen LogP contribution in [0.25, 0.3) is 12.2 Å². The Hall–Kier alpha value is -4.20. The lowest BCUT2D eigenvalue weighted by Gasteiger charge is -2.08. The highest BCUT2D eigenvalue weighted by molar-refractivity contribution is 6.10. The number of ether oxygens (including phenoxy) is 4. The van der Waals surface area contributed by atoms with Crippen LogP contribution < -0.4 is 18.9 Å². The summed E-state index contributed by atoms with van der Waals surface area (Å²) >= 11 is 0. The molecule has 0 atom stereocenters. The van der Waals surface area contributed by atoms with Crippen LogP contribution in [0.15, 0.2) is 48.6 Å². The van der Waals surface area contributed by atoms with Gasteiger partial charge in [-0.05, 0) is 47.5 Å². The topological polar surface area (TPSA) is 105 Å². The van der Waals surface area contributed by atoms with Gasteiger partial charge in [-0.15, -0.1) is 0 Å². The molecule has 0 aromatic heterocycles. The number of carbonyl (C=O) groups excluding carboxylic acids is 4. The molecule has 172 valence electrons. The molecule has 0 aliphatic heterocycles. The number of allylic oxidation sites excluding steroid dienone is 2. The van der Waals surface area contributed by atoms with Crippen molar-refractivity contribution in [1.29, 1.82) is 0 Å². The summed E-state index contributed by atoms with van der Waals surface area (Å²) < 4.78 is 20.4. The molecule has 0 N–H and O–H groups in total. The molecule has 33 heavy (non-hydrogen) atoms. The Balaban J connectivity index is 2.00. The average Bonchev–Trinajstić information content (AvgIpc) is 2.76. The van der Waals surface area contributed by atoms with Crippen molar-refractivity contribution in [2.75, 3.05) is 14.2 Å². The van der Waals surface area contributed by atoms with E-state index in [-0.39, 0.29) is 29.5 Å². The number of benzene rings is 2. The maximum Gasteiger partial charge on any atom is 0.308 e. The Bertz CT molecular complexity index is 1020. The van der Waals surface area contributed by atoms with Crippen molar-refractivity contribution in [3.63, 3.8) is 0 Å². The zero-order valence-corrected chi connectivity index (χ0v) is 18.7. The van der Waals surface area contributed by atoms with Gasteiger partial charge in [0.05, 0.1) is 20.6 Å². The monoisotopic (exact) mass is 452 g/mol. The summed E-state index contributed by atoms with van der Waals surface area (Å²) in [5, 5.41) is 0. The Morgan fingerprint density at radius 3 is 1.39 bits per heavy atom. The summed E-state index contributed by atoms with van der Waals surface area (Å²) in [5.41, 5.74) is 1.28. The summed E-state index contributed by atoms with van der Waals surface area (Å²) in [7, 11) is 2.87. The molecule has 0 unspecified atom stereocenters. The van der Waals surface area contributed by atoms with Gasteiger partial charge in [0, 0.05) is 13.8 Å². The lowest BCUT2D eigenvalue weighted by atomic mass is 10.1. The summed E-state index contributed by atoms with van der Waals surface area (Å²) in [6.07, 6.45) is 5.36. The first-order valence-corrected chi connectivity index (χ1v) is 9.86. The van der Waals surface area contributed by atoms with Crippen molar-refractivity contribution in [1.82, 2.24) is 0 Å². The molecule has 2 rings (SSSR count). The standard InChI is InChI=1S/C25H24O8/c1-16(26)32-22-11-7-18(13-24(22)30-3)5-9-20(28)15-21(29)10-6-19-8-12-23(33-17(2)27)25(14-19)31-4/h5-14H,15H2,1-4H3/b9-5+,10-6+. The number of esters is 2. The third-order valence-corrected chi connectivity index (χ3v) is 4.15. The highest BCUT2D eigenvalue weighted by Crippen LogP contribution is 2.29. The van der Waals surface area contributed by atoms with E-state index < -0.39 is 11.9 Å². The van der Waals surface area contributed by atoms with Crippen LogP contribution in [0.2, 0.25) is 0 Å². The zero-order valence-electron chi connectivity index (χ0n) is 18.7. The van der Waals surface area contributed by atoms with E-state index in [1.54, 1.807) is 36.4 Å². The predicted molar refractivity (Wildman–Crippen MR) is 121 cm³/mol. The molecule has 0 fully saturated rings. The molecule has 0 spiro atoms. The smallest absolute Gasteiger partial charge is 0.308 e. The maximum absolute atomic E-state index is 12.1. The lowest BCUT2D eigenvalue weighted by Crippen LogP contribution is -2.03. The molecule has 0 aliphatic carbocycles. The summed E-state index contributed by atoms with van der Waals surface area (Å²) in [6.45, 7) is 2.57. The minimum Gasteiger partial charge on any atom is -0.493 e. The first-order chi connectivity index (χ1) is 15.7. The van der Waals surface area contributed by atoms with Gasteiger partial charge in [0.1, 0.15) is 0 Å². The molecule has 2 aromatic carbocycles. The van der Waals surface area contributed by atoms with Crippen LogP contribution in [-0.2, 0) is 19.2 Å². The fourth-order valence-corrected chi connectivity index (χ4v) is 2.72. The van der Waals surface area contributed by atoms with E-state index in [0.29, 0.717) is 22.6 Å². The zero-order chi connectivity index (χ0) is 24.4. The number of rotatable bonds is 10. The SMILES string of the molecule is COc1cc(/C=C/C(=O)CC(=O)/C=C/c2ccc(OC(C)=O)c(OC)c2)ccc1OC(C)=O. The van der Waals surface area contributed by atoms with Crippen molar-refractivity contribution in [2.24, 2.45) is 0 Å². The second-order valence-electron chi connectivity index (χ2n) is 6.78. The van der Waals surface area contributed by atoms with E-state index in [2.05, 4.69) is 0 Å². The van der Waals surface area contributed by atoms with Gasteiger partial charge in [-0.1, -0.05) is 24.3 Å². The van der Waals surface area contributed by atoms with E-state index in [4.69, 9.17) is 18.9 Å². The first-order valence-electron chi connectivity index (χ1n) is 9.86. The minimum atomic E-state index is -0.475. The van der Waals surface area contributed by atoms with Crippen molar-refractivity contribution < 1.29 is 38.1 Å². The lowest BCUT2D eigenvalue weighted by molar-refractivity contribution is -0.132. The highest BCUT2D eigenvalue weighted by Gasteiger charge is 2.09. The van der Waals surface area contributed by atoms with Gasteiger partial charge in [-0.25, -0.2) is 0 Å². The quantitative estimate of drug-likeness (QED) is 0.232. The molecule has 8 heteroatoms. The van der Waals surface area contributed by atoms with Crippen LogP contribution in [0.5, 0.6) is 23.0 Å². The van der Waals surface area contributed by atoms with E-state index in [1.807, 2.05) is 0 Å². The van der Waals surface area contributed by atoms with Crippen LogP contribution in [0.4, 0.5) is 0 Å². The van der Waals surface area contributed by atoms with E-state index in [0.717, 1.165) is 0 Å². The number of hydrogen-bond donors (Lipinski definition) is 0. The van der Waals surface area contributed by atoms with Crippen LogP contribution >= 0.6 is 0 Å². The summed E-state index contributed by atoms with van der Waals surface area (Å²) in [5.74, 6) is -0.485. The van der Waals surface area contributed by atoms with Gasteiger partial charge >= 0.3 is 11.9 Å². The molecule has 0 radical (unpaired) electrons. The van der Waals surface area contributed by atoms with Crippen molar-refractivity contribution in [3.05, 3.63) is 59.7 Å². The van der Waals surface area contributed by atoms with Gasteiger partial charge in [0.25, 0.3) is 0 Å². The van der Waals surface area contributed by atoms with Gasteiger partial charge in [-0.2, -0.15) is 0 Å². The molecule has 0 saturated heterocycles. The number of carbonyl (C=O) groups is 4. The molecule has 0 heterocycles. The largest absolute Gasteiger partial charge is 0.493 e. The third-order valence-electron chi connectivity index (χ3n) is 4.15. The predicted octanol–water partition coefficient (Wildman–Crippen LogP) is 3.81. The maximum atomic E-state index is 12.1. The Morgan fingerprint density at radius 1 is 0.667 bits per heavy atom. The van der Waals surface area contributed by atoms with Crippen LogP contribution in [-0.4, -0.2) is 37.7 Å². The van der Waals surface area contributed by atoms with Crippen molar-refractivity contribution >= 4 is 35.7 Å². The second-order valence-corrected chi connectivity index (χ2v) is 6.78. The Labute approximate surface area is 191 Å². The third kappa shape index (κ3) is 8.10. The molecule has 0 amide bonds. The van der Waals surface area contributed by atoms with Crippen LogP contribution in [0.3, 0.4) is 0 Å². The number of hydrogen-bond acceptors (Lipinski definition) is 8. The number of methoxy groups -OCH3 is 2. The molecule has 2 aromatic rings. The van der Waals surface area contributed by atoms with E-state index in [1.165, 1.54) is 52.4 Å². The first kappa shape index (κ1) is 25.1. The summed E-state index contributed by atoms with van der Waals surface area (Å²) in [6, 6.07) is 9.63. The minimum absolute atomic E-state index is 0.270. The Kier molecular flexibility index (Phi) is 9.11.